The molecule has 0 aromatic heterocycles. The molecule has 0 spiro atoms. The highest BCUT2D eigenvalue weighted by molar-refractivity contribution is 5.95. The van der Waals surface area contributed by atoms with Gasteiger partial charge in [-0.25, -0.2) is 4.39 Å². The summed E-state index contributed by atoms with van der Waals surface area (Å²) in [4.78, 5) is 37.3. The molecule has 1 aliphatic heterocycles. The minimum Gasteiger partial charge on any atom is -0.468 e. The van der Waals surface area contributed by atoms with Gasteiger partial charge in [0.2, 0.25) is 5.91 Å². The van der Waals surface area contributed by atoms with Crippen LogP contribution in [0.15, 0.2) is 48.5 Å². The Labute approximate surface area is 154 Å². The summed E-state index contributed by atoms with van der Waals surface area (Å²) >= 11 is 0. The van der Waals surface area contributed by atoms with E-state index in [1.807, 2.05) is 0 Å². The number of non-ortho nitro benzene ring substituents is 1. The first-order valence-corrected chi connectivity index (χ1v) is 8.16. The van der Waals surface area contributed by atoms with Crippen LogP contribution in [0.1, 0.15) is 23.6 Å². The maximum absolute atomic E-state index is 14.8. The molecule has 0 saturated carbocycles. The molecule has 1 fully saturated rings. The minimum absolute atomic E-state index is 0.227. The van der Waals surface area contributed by atoms with Crippen molar-refractivity contribution in [1.29, 1.82) is 0 Å². The summed E-state index contributed by atoms with van der Waals surface area (Å²) in [6, 6.07) is 10.8. The molecule has 0 N–H and O–H groups in total. The van der Waals surface area contributed by atoms with Gasteiger partial charge in [0.25, 0.3) is 5.69 Å². The first kappa shape index (κ1) is 18.5. The second-order valence-electron chi connectivity index (χ2n) is 6.38. The van der Waals surface area contributed by atoms with E-state index in [0.29, 0.717) is 5.56 Å². The Morgan fingerprint density at radius 2 is 1.96 bits per heavy atom. The number of hydrogen-bond donors (Lipinski definition) is 0. The smallest absolute Gasteiger partial charge is 0.319 e. The fraction of sp³-hybridized carbons (Fsp3) is 0.263. The van der Waals surface area contributed by atoms with E-state index < -0.39 is 28.2 Å². The third-order valence-electron chi connectivity index (χ3n) is 4.98. The average molecular weight is 372 g/mol. The topological polar surface area (TPSA) is 89.7 Å². The maximum Gasteiger partial charge on any atom is 0.319 e. The highest BCUT2D eigenvalue weighted by Crippen LogP contribution is 2.51. The largest absolute Gasteiger partial charge is 0.468 e. The van der Waals surface area contributed by atoms with Gasteiger partial charge in [-0.15, -0.1) is 0 Å². The Kier molecular flexibility index (Phi) is 4.65. The van der Waals surface area contributed by atoms with Crippen LogP contribution in [0.25, 0.3) is 0 Å². The number of benzene rings is 2. The standard InChI is InChI=1S/C19H17FN2O5/c1-21-16(23)11-19(18(24)27-2,17(21)12-6-4-3-5-7-12)14-10-13(22(25)26)8-9-15(14)20/h3-10,17H,11H2,1-2H3/t17-,19-/m0/s1. The van der Waals surface area contributed by atoms with Gasteiger partial charge in [0.05, 0.1) is 18.1 Å². The Morgan fingerprint density at radius 1 is 1.30 bits per heavy atom. The van der Waals surface area contributed by atoms with Gasteiger partial charge >= 0.3 is 5.97 Å². The summed E-state index contributed by atoms with van der Waals surface area (Å²) in [5, 5.41) is 11.2. The summed E-state index contributed by atoms with van der Waals surface area (Å²) < 4.78 is 19.8. The SMILES string of the molecule is COC(=O)[C@]1(c2cc([N+](=O)[O-])ccc2F)CC(=O)N(C)[C@H]1c1ccccc1. The second kappa shape index (κ2) is 6.79. The van der Waals surface area contributed by atoms with E-state index in [9.17, 15) is 24.1 Å². The third-order valence-corrected chi connectivity index (χ3v) is 4.98. The molecule has 0 radical (unpaired) electrons. The summed E-state index contributed by atoms with van der Waals surface area (Å²) in [5.74, 6) is -2.02. The Hall–Kier alpha value is -3.29. The fourth-order valence-electron chi connectivity index (χ4n) is 3.77. The molecule has 1 aliphatic rings. The van der Waals surface area contributed by atoms with Crippen molar-refractivity contribution in [2.45, 2.75) is 17.9 Å². The van der Waals surface area contributed by atoms with E-state index in [2.05, 4.69) is 0 Å². The van der Waals surface area contributed by atoms with Gasteiger partial charge in [0.1, 0.15) is 11.2 Å². The number of likely N-dealkylation sites (tertiary alicyclic amines) is 1. The van der Waals surface area contributed by atoms with Crippen molar-refractivity contribution in [3.05, 3.63) is 75.6 Å². The number of amides is 1. The number of ether oxygens (including phenoxy) is 1. The maximum atomic E-state index is 14.8. The van der Waals surface area contributed by atoms with Gasteiger partial charge in [-0.1, -0.05) is 30.3 Å². The molecule has 0 bridgehead atoms. The predicted octanol–water partition coefficient (Wildman–Crippen LogP) is 2.75. The second-order valence-corrected chi connectivity index (χ2v) is 6.38. The number of hydrogen-bond acceptors (Lipinski definition) is 5. The molecule has 1 heterocycles. The van der Waals surface area contributed by atoms with Gasteiger partial charge in [0.15, 0.2) is 0 Å². The van der Waals surface area contributed by atoms with Crippen molar-refractivity contribution in [3.63, 3.8) is 0 Å². The van der Waals surface area contributed by atoms with Crippen LogP contribution >= 0.6 is 0 Å². The zero-order chi connectivity index (χ0) is 19.8. The van der Waals surface area contributed by atoms with Crippen molar-refractivity contribution in [3.8, 4) is 0 Å². The molecule has 0 unspecified atom stereocenters. The lowest BCUT2D eigenvalue weighted by Crippen LogP contribution is -2.43. The Bertz CT molecular complexity index is 918. The van der Waals surface area contributed by atoms with E-state index in [-0.39, 0.29) is 23.6 Å². The van der Waals surface area contributed by atoms with E-state index in [1.54, 1.807) is 30.3 Å². The number of methoxy groups -OCH3 is 1. The first-order chi connectivity index (χ1) is 12.8. The van der Waals surface area contributed by atoms with Crippen LogP contribution in [0, 0.1) is 15.9 Å². The number of likely N-dealkylation sites (N-methyl/N-ethyl adjacent to an activating group) is 1. The van der Waals surface area contributed by atoms with Crippen LogP contribution < -0.4 is 0 Å². The fourth-order valence-corrected chi connectivity index (χ4v) is 3.77. The van der Waals surface area contributed by atoms with E-state index >= 15 is 0 Å². The molecule has 2 aromatic rings. The monoisotopic (exact) mass is 372 g/mol. The van der Waals surface area contributed by atoms with Gasteiger partial charge in [-0.3, -0.25) is 19.7 Å². The zero-order valence-electron chi connectivity index (χ0n) is 14.7. The van der Waals surface area contributed by atoms with E-state index in [1.165, 1.54) is 11.9 Å². The summed E-state index contributed by atoms with van der Waals surface area (Å²) in [7, 11) is 2.66. The minimum atomic E-state index is -1.74. The van der Waals surface area contributed by atoms with Crippen molar-refractivity contribution in [1.82, 2.24) is 4.90 Å². The van der Waals surface area contributed by atoms with E-state index in [0.717, 1.165) is 25.3 Å². The molecule has 2 aromatic carbocycles. The van der Waals surface area contributed by atoms with Gasteiger partial charge in [0, 0.05) is 31.2 Å². The van der Waals surface area contributed by atoms with Crippen LogP contribution in [0.2, 0.25) is 0 Å². The van der Waals surface area contributed by atoms with Crippen molar-refractivity contribution in [2.75, 3.05) is 14.2 Å². The normalized spacial score (nSPS) is 22.0. The summed E-state index contributed by atoms with van der Waals surface area (Å²) in [5.41, 5.74) is -1.74. The van der Waals surface area contributed by atoms with Crippen LogP contribution in [-0.4, -0.2) is 35.9 Å². The third kappa shape index (κ3) is 2.83. The number of carbonyl (C=O) groups excluding carboxylic acids is 2. The highest BCUT2D eigenvalue weighted by Gasteiger charge is 2.59. The molecule has 1 saturated heterocycles. The molecule has 3 rings (SSSR count). The quantitative estimate of drug-likeness (QED) is 0.468. The highest BCUT2D eigenvalue weighted by atomic mass is 19.1. The average Bonchev–Trinajstić information content (AvgIpc) is 2.93. The van der Waals surface area contributed by atoms with Gasteiger partial charge in [-0.05, 0) is 11.6 Å². The molecule has 0 aliphatic carbocycles. The lowest BCUT2D eigenvalue weighted by molar-refractivity contribution is -0.385. The number of rotatable bonds is 4. The van der Waals surface area contributed by atoms with Crippen LogP contribution in [0.5, 0.6) is 0 Å². The van der Waals surface area contributed by atoms with Crippen molar-refractivity contribution in [2.24, 2.45) is 0 Å². The molecular weight excluding hydrogens is 355 g/mol. The number of esters is 1. The Balaban J connectivity index is 2.33. The Morgan fingerprint density at radius 3 is 2.56 bits per heavy atom. The number of nitrogens with zero attached hydrogens (tertiary/aromatic N) is 2. The molecule has 7 nitrogen and oxygen atoms in total. The molecule has 2 atom stereocenters. The zero-order valence-corrected chi connectivity index (χ0v) is 14.7. The molecule has 140 valence electrons. The van der Waals surface area contributed by atoms with Crippen LogP contribution in [0.4, 0.5) is 10.1 Å². The summed E-state index contributed by atoms with van der Waals surface area (Å²) in [6.45, 7) is 0. The lowest BCUT2D eigenvalue weighted by atomic mass is 9.71. The van der Waals surface area contributed by atoms with Gasteiger partial charge in [-0.2, -0.15) is 0 Å². The predicted molar refractivity (Wildman–Crippen MR) is 93.3 cm³/mol. The number of carbonyl (C=O) groups is 2. The number of nitro benzene ring substituents is 1. The number of halogens is 1. The van der Waals surface area contributed by atoms with Crippen molar-refractivity contribution < 1.29 is 23.6 Å². The van der Waals surface area contributed by atoms with Gasteiger partial charge < -0.3 is 9.64 Å². The molecule has 27 heavy (non-hydrogen) atoms. The summed E-state index contributed by atoms with van der Waals surface area (Å²) in [6.07, 6.45) is -0.353. The van der Waals surface area contributed by atoms with Crippen LogP contribution in [-0.2, 0) is 19.7 Å². The van der Waals surface area contributed by atoms with Crippen molar-refractivity contribution >= 4 is 17.6 Å². The molecule has 1 amide bonds. The van der Waals surface area contributed by atoms with Crippen LogP contribution in [0.3, 0.4) is 0 Å². The lowest BCUT2D eigenvalue weighted by Gasteiger charge is -2.35. The molecule has 8 heteroatoms. The first-order valence-electron chi connectivity index (χ1n) is 8.16. The number of nitro groups is 1. The molecular formula is C19H17FN2O5. The van der Waals surface area contributed by atoms with E-state index in [4.69, 9.17) is 4.74 Å².